The van der Waals surface area contributed by atoms with Crippen LogP contribution in [0.25, 0.3) is 17.0 Å². The second kappa shape index (κ2) is 13.4. The topological polar surface area (TPSA) is 148 Å². The van der Waals surface area contributed by atoms with Gasteiger partial charge in [0, 0.05) is 31.3 Å². The lowest BCUT2D eigenvalue weighted by atomic mass is 10.2. The lowest BCUT2D eigenvalue weighted by Crippen LogP contribution is -2.32. The first-order valence-corrected chi connectivity index (χ1v) is 15.2. The van der Waals surface area contributed by atoms with Crippen LogP contribution in [0.2, 0.25) is 0 Å². The number of benzene rings is 2. The molecule has 2 N–H and O–H groups in total. The number of methoxy groups -OCH3 is 2. The average molecular weight is 600 g/mol. The van der Waals surface area contributed by atoms with Crippen molar-refractivity contribution in [2.75, 3.05) is 34.0 Å². The van der Waals surface area contributed by atoms with E-state index < -0.39 is 15.7 Å². The maximum Gasteiger partial charge on any atom is 0.334 e. The molecule has 0 fully saturated rings. The van der Waals surface area contributed by atoms with E-state index in [2.05, 4.69) is 9.97 Å². The molecular weight excluding hydrogens is 562 g/mol. The number of imidazole rings is 1. The summed E-state index contributed by atoms with van der Waals surface area (Å²) in [6, 6.07) is 9.63. The number of hydrogen-bond donors (Lipinski definition) is 2. The molecule has 0 aliphatic carbocycles. The number of H-pyrrole nitrogens is 1. The Bertz CT molecular complexity index is 1720. The molecular formula is C29H37N5O7S. The van der Waals surface area contributed by atoms with E-state index in [0.29, 0.717) is 58.6 Å². The smallest absolute Gasteiger partial charge is 0.334 e. The summed E-state index contributed by atoms with van der Waals surface area (Å²) in [6.07, 6.45) is 1.68. The van der Waals surface area contributed by atoms with Crippen LogP contribution in [0.5, 0.6) is 17.2 Å². The number of hydrogen-bond acceptors (Lipinski definition) is 9. The molecule has 0 aliphatic rings. The molecule has 0 atom stereocenters. The maximum atomic E-state index is 14.1. The highest BCUT2D eigenvalue weighted by atomic mass is 32.2. The zero-order valence-electron chi connectivity index (χ0n) is 24.5. The third kappa shape index (κ3) is 6.27. The number of aromatic amines is 1. The van der Waals surface area contributed by atoms with Crippen LogP contribution in [0.3, 0.4) is 0 Å². The van der Waals surface area contributed by atoms with Gasteiger partial charge in [0.15, 0.2) is 5.65 Å². The van der Waals surface area contributed by atoms with E-state index in [1.807, 2.05) is 13.8 Å². The number of aliphatic hydroxyl groups excluding tert-OH is 1. The fraction of sp³-hybridized carbons (Fsp3) is 0.414. The second-order valence-electron chi connectivity index (χ2n) is 9.59. The lowest BCUT2D eigenvalue weighted by Gasteiger charge is -2.24. The van der Waals surface area contributed by atoms with Crippen LogP contribution in [0.4, 0.5) is 0 Å². The molecule has 0 saturated heterocycles. The van der Waals surface area contributed by atoms with Crippen molar-refractivity contribution in [3.8, 4) is 28.6 Å². The maximum absolute atomic E-state index is 14.1. The van der Waals surface area contributed by atoms with Crippen molar-refractivity contribution in [1.82, 2.24) is 23.7 Å². The molecule has 0 radical (unpaired) electrons. The zero-order valence-corrected chi connectivity index (χ0v) is 25.3. The van der Waals surface area contributed by atoms with Gasteiger partial charge in [0.25, 0.3) is 0 Å². The van der Waals surface area contributed by atoms with Gasteiger partial charge in [-0.3, -0.25) is 4.98 Å². The van der Waals surface area contributed by atoms with Crippen LogP contribution in [0.15, 0.2) is 46.1 Å². The molecule has 2 heterocycles. The summed E-state index contributed by atoms with van der Waals surface area (Å²) in [5.74, 6) is 2.11. The summed E-state index contributed by atoms with van der Waals surface area (Å²) < 4.78 is 47.4. The molecule has 4 rings (SSSR count). The molecule has 42 heavy (non-hydrogen) atoms. The Morgan fingerprint density at radius 1 is 1.05 bits per heavy atom. The molecule has 4 aromatic rings. The van der Waals surface area contributed by atoms with Gasteiger partial charge >= 0.3 is 5.69 Å². The van der Waals surface area contributed by atoms with Gasteiger partial charge in [-0.25, -0.2) is 27.6 Å². The van der Waals surface area contributed by atoms with Crippen molar-refractivity contribution >= 4 is 15.7 Å². The first kappa shape index (κ1) is 31.0. The van der Waals surface area contributed by atoms with Gasteiger partial charge in [-0.05, 0) is 51.0 Å². The molecule has 13 heteroatoms. The summed E-state index contributed by atoms with van der Waals surface area (Å²) in [7, 11) is -1.06. The van der Waals surface area contributed by atoms with Crippen molar-refractivity contribution in [2.45, 2.75) is 51.5 Å². The quantitative estimate of drug-likeness (QED) is 0.223. The van der Waals surface area contributed by atoms with E-state index in [0.717, 1.165) is 6.42 Å². The number of aryl methyl sites for hydroxylation is 2. The summed E-state index contributed by atoms with van der Waals surface area (Å²) in [5.41, 5.74) is 1.62. The van der Waals surface area contributed by atoms with Crippen molar-refractivity contribution in [3.63, 3.8) is 0 Å². The van der Waals surface area contributed by atoms with Gasteiger partial charge < -0.3 is 19.3 Å². The van der Waals surface area contributed by atoms with Gasteiger partial charge in [-0.1, -0.05) is 19.4 Å². The highest BCUT2D eigenvalue weighted by molar-refractivity contribution is 7.89. The molecule has 0 unspecified atom stereocenters. The van der Waals surface area contributed by atoms with Gasteiger partial charge in [0.05, 0.1) is 37.0 Å². The van der Waals surface area contributed by atoms with Crippen molar-refractivity contribution in [1.29, 1.82) is 0 Å². The Balaban J connectivity index is 1.83. The van der Waals surface area contributed by atoms with Crippen LogP contribution < -0.4 is 19.9 Å². The number of aromatic nitrogens is 4. The Morgan fingerprint density at radius 2 is 1.83 bits per heavy atom. The number of ether oxygens (including phenoxy) is 3. The number of aliphatic hydroxyl groups is 1. The van der Waals surface area contributed by atoms with Crippen LogP contribution in [-0.4, -0.2) is 71.2 Å². The Labute approximate surface area is 245 Å². The van der Waals surface area contributed by atoms with Crippen LogP contribution in [0, 0.1) is 6.92 Å². The van der Waals surface area contributed by atoms with E-state index in [4.69, 9.17) is 19.2 Å². The minimum atomic E-state index is -4.10. The molecule has 0 aliphatic heterocycles. The van der Waals surface area contributed by atoms with Crippen LogP contribution in [-0.2, 0) is 23.0 Å². The number of sulfonamides is 1. The molecule has 2 aromatic carbocycles. The molecule has 0 bridgehead atoms. The Morgan fingerprint density at radius 3 is 2.50 bits per heavy atom. The standard InChI is InChI=1S/C29H37N5O7S/c1-6-9-24-28-31-27(32-29(36)34(28)19(3)30-24)23-17-22(12-13-25(23)41-7-2)42(37,38)33(14-8-15-35)18-20-10-11-21(39-4)16-26(20)40-5/h10-13,16-17,35H,6-9,14-15,18H2,1-5H3,(H,31,32,36). The summed E-state index contributed by atoms with van der Waals surface area (Å²) in [4.78, 5) is 25.1. The fourth-order valence-electron chi connectivity index (χ4n) is 4.75. The monoisotopic (exact) mass is 599 g/mol. The van der Waals surface area contributed by atoms with E-state index >= 15 is 0 Å². The Hall–Kier alpha value is -3.94. The third-order valence-electron chi connectivity index (χ3n) is 6.77. The number of nitrogens with one attached hydrogen (secondary N) is 1. The minimum absolute atomic E-state index is 0.00539. The Kier molecular flexibility index (Phi) is 9.86. The first-order chi connectivity index (χ1) is 20.2. The van der Waals surface area contributed by atoms with Crippen molar-refractivity contribution < 1.29 is 27.7 Å². The summed E-state index contributed by atoms with van der Waals surface area (Å²) in [5, 5.41) is 9.52. The number of fused-ring (bicyclic) bond motifs is 1. The van der Waals surface area contributed by atoms with Gasteiger partial charge in [0.2, 0.25) is 10.0 Å². The van der Waals surface area contributed by atoms with E-state index in [1.54, 1.807) is 31.2 Å². The SMILES string of the molecule is CCCc1nc(C)n2c(=O)[nH]c(-c3cc(S(=O)(=O)N(CCCO)Cc4ccc(OC)cc4OC)ccc3OCC)nc12. The summed E-state index contributed by atoms with van der Waals surface area (Å²) in [6.45, 7) is 5.75. The molecule has 0 spiro atoms. The first-order valence-electron chi connectivity index (χ1n) is 13.8. The molecule has 2 aromatic heterocycles. The normalized spacial score (nSPS) is 11.8. The zero-order chi connectivity index (χ0) is 30.4. The summed E-state index contributed by atoms with van der Waals surface area (Å²) >= 11 is 0. The van der Waals surface area contributed by atoms with E-state index in [9.17, 15) is 18.3 Å². The van der Waals surface area contributed by atoms with Crippen LogP contribution >= 0.6 is 0 Å². The molecule has 226 valence electrons. The average Bonchev–Trinajstić information content (AvgIpc) is 3.30. The number of rotatable bonds is 14. The number of nitrogens with zero attached hydrogens (tertiary/aromatic N) is 4. The molecule has 0 amide bonds. The predicted octanol–water partition coefficient (Wildman–Crippen LogP) is 3.33. The van der Waals surface area contributed by atoms with E-state index in [1.165, 1.54) is 35.1 Å². The van der Waals surface area contributed by atoms with Crippen molar-refractivity contribution in [3.05, 3.63) is 64.0 Å². The fourth-order valence-corrected chi connectivity index (χ4v) is 6.23. The second-order valence-corrected chi connectivity index (χ2v) is 11.5. The third-order valence-corrected chi connectivity index (χ3v) is 8.61. The minimum Gasteiger partial charge on any atom is -0.497 e. The lowest BCUT2D eigenvalue weighted by molar-refractivity contribution is 0.267. The molecule has 0 saturated carbocycles. The van der Waals surface area contributed by atoms with Crippen LogP contribution in [0.1, 0.15) is 43.8 Å². The molecule has 12 nitrogen and oxygen atoms in total. The van der Waals surface area contributed by atoms with Gasteiger partial charge in [0.1, 0.15) is 28.9 Å². The van der Waals surface area contributed by atoms with Crippen molar-refractivity contribution in [2.24, 2.45) is 0 Å². The largest absolute Gasteiger partial charge is 0.497 e. The predicted molar refractivity (Wildman–Crippen MR) is 158 cm³/mol. The van der Waals surface area contributed by atoms with E-state index in [-0.39, 0.29) is 36.8 Å². The van der Waals surface area contributed by atoms with Gasteiger partial charge in [-0.15, -0.1) is 0 Å². The van der Waals surface area contributed by atoms with Gasteiger partial charge in [-0.2, -0.15) is 4.31 Å². The highest BCUT2D eigenvalue weighted by Crippen LogP contribution is 2.33. The highest BCUT2D eigenvalue weighted by Gasteiger charge is 2.28.